The molecule has 7 nitrogen and oxygen atoms in total. The number of phenols is 1. The number of likely N-dealkylation sites (tertiary alicyclic amines) is 1. The Labute approximate surface area is 252 Å². The first-order valence-electron chi connectivity index (χ1n) is 14.8. The lowest BCUT2D eigenvalue weighted by Crippen LogP contribution is -2.41. The molecule has 0 unspecified atom stereocenters. The number of benzene rings is 3. The number of carbonyl (C=O) groups is 1. The second-order valence-electron chi connectivity index (χ2n) is 11.0. The van der Waals surface area contributed by atoms with Crippen molar-refractivity contribution in [1.29, 1.82) is 0 Å². The average molecular weight is 577 g/mol. The minimum atomic E-state index is -0.160. The second kappa shape index (κ2) is 17.8. The summed E-state index contributed by atoms with van der Waals surface area (Å²) >= 11 is 0. The molecule has 0 saturated carbocycles. The fourth-order valence-corrected chi connectivity index (χ4v) is 5.48. The van der Waals surface area contributed by atoms with Gasteiger partial charge in [-0.1, -0.05) is 72.8 Å². The van der Waals surface area contributed by atoms with Gasteiger partial charge in [0.2, 0.25) is 0 Å². The zero-order valence-electron chi connectivity index (χ0n) is 25.7. The summed E-state index contributed by atoms with van der Waals surface area (Å²) in [6, 6.07) is 26.9. The van der Waals surface area contributed by atoms with Crippen LogP contribution in [-0.2, 0) is 37.4 Å². The lowest BCUT2D eigenvalue weighted by Gasteiger charge is -2.42. The van der Waals surface area contributed by atoms with E-state index in [0.29, 0.717) is 25.4 Å². The van der Waals surface area contributed by atoms with Crippen LogP contribution in [0.4, 0.5) is 0 Å². The number of carbonyl (C=O) groups excluding carboxylic acids is 1. The SMILES string of the molecule is CN1CCC(c2ccccc2)(c2cc(CCOCCC=O)ccc2O)CC1.COC(CN(C)Cc1ccccc1)OC. The summed E-state index contributed by atoms with van der Waals surface area (Å²) in [5.74, 6) is 0.369. The second-order valence-corrected chi connectivity index (χ2v) is 11.0. The molecule has 1 heterocycles. The molecule has 1 N–H and O–H groups in total. The van der Waals surface area contributed by atoms with E-state index in [4.69, 9.17) is 14.2 Å². The highest BCUT2D eigenvalue weighted by atomic mass is 16.7. The Bertz CT molecular complexity index is 1160. The van der Waals surface area contributed by atoms with Crippen molar-refractivity contribution in [2.45, 2.75) is 43.9 Å². The number of aldehydes is 1. The summed E-state index contributed by atoms with van der Waals surface area (Å²) < 4.78 is 15.8. The van der Waals surface area contributed by atoms with E-state index in [9.17, 15) is 9.90 Å². The van der Waals surface area contributed by atoms with E-state index < -0.39 is 0 Å². The maximum atomic E-state index is 10.7. The number of phenolic OH excluding ortho intramolecular Hbond substituents is 1. The van der Waals surface area contributed by atoms with Crippen LogP contribution in [0.2, 0.25) is 0 Å². The third-order valence-electron chi connectivity index (χ3n) is 7.94. The van der Waals surface area contributed by atoms with Crippen LogP contribution in [0.15, 0.2) is 78.9 Å². The van der Waals surface area contributed by atoms with Crippen LogP contribution in [-0.4, -0.2) is 88.6 Å². The molecule has 7 heteroatoms. The summed E-state index contributed by atoms with van der Waals surface area (Å²) in [5, 5.41) is 10.7. The minimum absolute atomic E-state index is 0.154. The Hall–Kier alpha value is -3.07. The molecule has 0 amide bonds. The molecule has 4 rings (SSSR count). The van der Waals surface area contributed by atoms with Crippen molar-refractivity contribution >= 4 is 6.29 Å². The third-order valence-corrected chi connectivity index (χ3v) is 7.94. The van der Waals surface area contributed by atoms with Crippen LogP contribution in [0.5, 0.6) is 5.75 Å². The van der Waals surface area contributed by atoms with Gasteiger partial charge in [0, 0.05) is 44.7 Å². The van der Waals surface area contributed by atoms with Gasteiger partial charge in [0.25, 0.3) is 0 Å². The summed E-state index contributed by atoms with van der Waals surface area (Å²) in [6.45, 7) is 4.74. The minimum Gasteiger partial charge on any atom is -0.508 e. The predicted octanol–water partition coefficient (Wildman–Crippen LogP) is 5.29. The topological polar surface area (TPSA) is 71.5 Å². The molecule has 1 aliphatic heterocycles. The van der Waals surface area contributed by atoms with Gasteiger partial charge in [-0.2, -0.15) is 0 Å². The number of likely N-dealkylation sites (N-methyl/N-ethyl adjacent to an activating group) is 1. The van der Waals surface area contributed by atoms with Gasteiger partial charge in [0.1, 0.15) is 12.0 Å². The van der Waals surface area contributed by atoms with Crippen molar-refractivity contribution in [3.05, 3.63) is 101 Å². The van der Waals surface area contributed by atoms with Gasteiger partial charge in [0.15, 0.2) is 6.29 Å². The molecule has 0 bridgehead atoms. The molecular formula is C35H48N2O5. The summed E-state index contributed by atoms with van der Waals surface area (Å²) in [4.78, 5) is 14.9. The van der Waals surface area contributed by atoms with Gasteiger partial charge in [-0.15, -0.1) is 0 Å². The first kappa shape index (κ1) is 33.4. The molecule has 42 heavy (non-hydrogen) atoms. The lowest BCUT2D eigenvalue weighted by atomic mass is 9.67. The van der Waals surface area contributed by atoms with Crippen molar-refractivity contribution < 1.29 is 24.1 Å². The molecule has 1 aliphatic rings. The Morgan fingerprint density at radius 1 is 0.929 bits per heavy atom. The number of rotatable bonds is 14. The Kier molecular flexibility index (Phi) is 14.2. The molecule has 1 saturated heterocycles. The van der Waals surface area contributed by atoms with E-state index in [0.717, 1.165) is 62.9 Å². The maximum Gasteiger partial charge on any atom is 0.169 e. The van der Waals surface area contributed by atoms with Crippen LogP contribution in [0.25, 0.3) is 0 Å². The number of hydrogen-bond donors (Lipinski definition) is 1. The van der Waals surface area contributed by atoms with E-state index in [1.54, 1.807) is 14.2 Å². The normalized spacial score (nSPS) is 14.9. The van der Waals surface area contributed by atoms with Crippen LogP contribution < -0.4 is 0 Å². The quantitative estimate of drug-likeness (QED) is 0.159. The summed E-state index contributed by atoms with van der Waals surface area (Å²) in [7, 11) is 7.52. The molecule has 3 aromatic carbocycles. The highest BCUT2D eigenvalue weighted by Gasteiger charge is 2.39. The largest absolute Gasteiger partial charge is 0.508 e. The van der Waals surface area contributed by atoms with Crippen molar-refractivity contribution in [3.8, 4) is 5.75 Å². The van der Waals surface area contributed by atoms with E-state index in [2.05, 4.69) is 66.4 Å². The van der Waals surface area contributed by atoms with E-state index in [1.165, 1.54) is 11.1 Å². The van der Waals surface area contributed by atoms with Crippen molar-refractivity contribution in [1.82, 2.24) is 9.80 Å². The van der Waals surface area contributed by atoms with Crippen LogP contribution in [0.3, 0.4) is 0 Å². The summed E-state index contributed by atoms with van der Waals surface area (Å²) in [6.07, 6.45) is 3.91. The van der Waals surface area contributed by atoms with Crippen molar-refractivity contribution in [3.63, 3.8) is 0 Å². The van der Waals surface area contributed by atoms with Crippen LogP contribution in [0, 0.1) is 0 Å². The van der Waals surface area contributed by atoms with Gasteiger partial charge in [-0.25, -0.2) is 0 Å². The van der Waals surface area contributed by atoms with Gasteiger partial charge in [-0.05, 0) is 69.2 Å². The molecule has 0 atom stereocenters. The van der Waals surface area contributed by atoms with Crippen LogP contribution in [0.1, 0.15) is 41.5 Å². The molecule has 0 aliphatic carbocycles. The molecular weight excluding hydrogens is 528 g/mol. The number of methoxy groups -OCH3 is 2. The molecule has 1 fully saturated rings. The zero-order chi connectivity index (χ0) is 30.2. The average Bonchev–Trinajstić information content (AvgIpc) is 3.02. The lowest BCUT2D eigenvalue weighted by molar-refractivity contribution is -0.114. The first-order valence-corrected chi connectivity index (χ1v) is 14.8. The van der Waals surface area contributed by atoms with E-state index in [-0.39, 0.29) is 11.7 Å². The van der Waals surface area contributed by atoms with Gasteiger partial charge < -0.3 is 29.0 Å². The van der Waals surface area contributed by atoms with Gasteiger partial charge in [-0.3, -0.25) is 4.90 Å². The standard InChI is InChI=1S/C23H29NO3.C12H19NO2/c1-24-13-11-23(12-14-24,20-6-3-2-4-7-20)21-18-19(8-9-22(21)26)10-17-27-16-5-15-25;1-13(10-12(14-2)15-3)9-11-7-5-4-6-8-11/h2-4,6-9,15,18,26H,5,10-14,16-17H2,1H3;4-8,12H,9-10H2,1-3H3. The van der Waals surface area contributed by atoms with E-state index >= 15 is 0 Å². The number of hydrogen-bond acceptors (Lipinski definition) is 7. The molecule has 0 radical (unpaired) electrons. The smallest absolute Gasteiger partial charge is 0.169 e. The van der Waals surface area contributed by atoms with Gasteiger partial charge >= 0.3 is 0 Å². The van der Waals surface area contributed by atoms with Crippen molar-refractivity contribution in [2.75, 3.05) is 61.2 Å². The Morgan fingerprint density at radius 2 is 1.57 bits per heavy atom. The fraction of sp³-hybridized carbons (Fsp3) is 0.457. The number of aromatic hydroxyl groups is 1. The molecule has 0 spiro atoms. The Morgan fingerprint density at radius 3 is 2.19 bits per heavy atom. The van der Waals surface area contributed by atoms with Crippen LogP contribution >= 0.6 is 0 Å². The monoisotopic (exact) mass is 576 g/mol. The number of piperidine rings is 1. The first-order chi connectivity index (χ1) is 20.4. The van der Waals surface area contributed by atoms with E-state index in [1.807, 2.05) is 36.4 Å². The predicted molar refractivity (Wildman–Crippen MR) is 168 cm³/mol. The van der Waals surface area contributed by atoms with Crippen molar-refractivity contribution in [2.24, 2.45) is 0 Å². The zero-order valence-corrected chi connectivity index (χ0v) is 25.7. The highest BCUT2D eigenvalue weighted by Crippen LogP contribution is 2.45. The number of nitrogens with zero attached hydrogens (tertiary/aromatic N) is 2. The maximum absolute atomic E-state index is 10.7. The fourth-order valence-electron chi connectivity index (χ4n) is 5.48. The Balaban J connectivity index is 0.000000274. The molecule has 228 valence electrons. The third kappa shape index (κ3) is 10.0. The summed E-state index contributed by atoms with van der Waals surface area (Å²) in [5.41, 5.74) is 4.58. The number of ether oxygens (including phenoxy) is 3. The molecule has 3 aromatic rings. The molecule has 0 aromatic heterocycles. The van der Waals surface area contributed by atoms with Gasteiger partial charge in [0.05, 0.1) is 13.2 Å². The highest BCUT2D eigenvalue weighted by molar-refractivity contribution is 5.49.